The van der Waals surface area contributed by atoms with Crippen molar-refractivity contribution in [3.8, 4) is 0 Å². The van der Waals surface area contributed by atoms with Gasteiger partial charge in [0.2, 0.25) is 5.91 Å². The molecule has 0 saturated heterocycles. The summed E-state index contributed by atoms with van der Waals surface area (Å²) in [6, 6.07) is 0. The van der Waals surface area contributed by atoms with Gasteiger partial charge in [0.1, 0.15) is 11.3 Å². The van der Waals surface area contributed by atoms with Gasteiger partial charge in [-0.2, -0.15) is 0 Å². The Morgan fingerprint density at radius 2 is 2.00 bits per heavy atom. The summed E-state index contributed by atoms with van der Waals surface area (Å²) in [5.41, 5.74) is -1.92. The normalized spacial score (nSPS) is 25.3. The Hall–Kier alpha value is -1.59. The van der Waals surface area contributed by atoms with Crippen molar-refractivity contribution < 1.29 is 18.7 Å². The van der Waals surface area contributed by atoms with Crippen LogP contribution in [0.3, 0.4) is 0 Å². The molecule has 5 nitrogen and oxygen atoms in total. The molecule has 114 valence electrons. The summed E-state index contributed by atoms with van der Waals surface area (Å²) in [6.45, 7) is 9.02. The van der Waals surface area contributed by atoms with Crippen molar-refractivity contribution in [3.63, 3.8) is 0 Å². The van der Waals surface area contributed by atoms with Gasteiger partial charge in [-0.25, -0.2) is 9.18 Å². The van der Waals surface area contributed by atoms with Crippen LogP contribution < -0.4 is 10.6 Å². The highest BCUT2D eigenvalue weighted by Gasteiger charge is 2.44. The minimum Gasteiger partial charge on any atom is -0.444 e. The summed E-state index contributed by atoms with van der Waals surface area (Å²) in [6.07, 6.45) is 1.26. The van der Waals surface area contributed by atoms with Gasteiger partial charge in [-0.05, 0) is 45.6 Å². The number of nitrogens with one attached hydrogen (secondary N) is 2. The molecule has 0 aromatic carbocycles. The molecule has 0 unspecified atom stereocenters. The molecule has 1 saturated carbocycles. The number of hydrogen-bond donors (Lipinski definition) is 2. The van der Waals surface area contributed by atoms with Gasteiger partial charge in [0.25, 0.3) is 0 Å². The minimum atomic E-state index is -1.38. The first-order valence-corrected chi connectivity index (χ1v) is 6.69. The fourth-order valence-corrected chi connectivity index (χ4v) is 2.12. The van der Waals surface area contributed by atoms with Crippen LogP contribution in [0.2, 0.25) is 0 Å². The summed E-state index contributed by atoms with van der Waals surface area (Å²) in [7, 11) is 0. The molecule has 1 fully saturated rings. The summed E-state index contributed by atoms with van der Waals surface area (Å²) in [4.78, 5) is 22.4. The van der Waals surface area contributed by atoms with Crippen molar-refractivity contribution in [2.24, 2.45) is 5.92 Å². The molecule has 0 bridgehead atoms. The van der Waals surface area contributed by atoms with E-state index >= 15 is 0 Å². The number of alkyl carbamates (subject to hydrolysis) is 1. The molecular weight excluding hydrogens is 263 g/mol. The predicted octanol–water partition coefficient (Wildman–Crippen LogP) is 1.93. The van der Waals surface area contributed by atoms with Gasteiger partial charge >= 0.3 is 6.09 Å². The van der Waals surface area contributed by atoms with Crippen LogP contribution in [0.4, 0.5) is 9.18 Å². The number of carbonyl (C=O) groups excluding carboxylic acids is 2. The lowest BCUT2D eigenvalue weighted by Gasteiger charge is -2.41. The van der Waals surface area contributed by atoms with E-state index in [0.717, 1.165) is 6.08 Å². The Bertz CT molecular complexity index is 384. The van der Waals surface area contributed by atoms with Crippen molar-refractivity contribution in [2.45, 2.75) is 44.9 Å². The van der Waals surface area contributed by atoms with Crippen LogP contribution in [-0.2, 0) is 9.53 Å². The fraction of sp³-hybridized carbons (Fsp3) is 0.714. The third-order valence-electron chi connectivity index (χ3n) is 3.01. The van der Waals surface area contributed by atoms with E-state index in [2.05, 4.69) is 17.2 Å². The van der Waals surface area contributed by atoms with Gasteiger partial charge in [-0.15, -0.1) is 0 Å². The first-order chi connectivity index (χ1) is 9.13. The zero-order valence-electron chi connectivity index (χ0n) is 12.3. The van der Waals surface area contributed by atoms with Crippen LogP contribution in [0.1, 0.15) is 33.6 Å². The number of halogens is 1. The van der Waals surface area contributed by atoms with Crippen molar-refractivity contribution in [1.82, 2.24) is 10.6 Å². The molecule has 0 aromatic rings. The first-order valence-electron chi connectivity index (χ1n) is 6.69. The van der Waals surface area contributed by atoms with Crippen molar-refractivity contribution in [2.75, 3.05) is 13.1 Å². The Morgan fingerprint density at radius 1 is 1.40 bits per heavy atom. The summed E-state index contributed by atoms with van der Waals surface area (Å²) >= 11 is 0. The zero-order valence-corrected chi connectivity index (χ0v) is 12.3. The number of rotatable bonds is 5. The molecule has 0 atom stereocenters. The van der Waals surface area contributed by atoms with E-state index in [0.29, 0.717) is 19.4 Å². The Morgan fingerprint density at radius 3 is 2.50 bits per heavy atom. The summed E-state index contributed by atoms with van der Waals surface area (Å²) in [5, 5.41) is 5.07. The molecule has 2 N–H and O–H groups in total. The van der Waals surface area contributed by atoms with Crippen LogP contribution >= 0.6 is 0 Å². The topological polar surface area (TPSA) is 67.4 Å². The number of hydrogen-bond acceptors (Lipinski definition) is 3. The van der Waals surface area contributed by atoms with Gasteiger partial charge in [-0.3, -0.25) is 4.79 Å². The molecule has 1 aliphatic rings. The molecule has 0 aromatic heterocycles. The van der Waals surface area contributed by atoms with Crippen LogP contribution in [0.15, 0.2) is 12.7 Å². The fourth-order valence-electron chi connectivity index (χ4n) is 2.12. The van der Waals surface area contributed by atoms with Gasteiger partial charge in [0, 0.05) is 6.54 Å². The highest BCUT2D eigenvalue weighted by Crippen LogP contribution is 2.40. The van der Waals surface area contributed by atoms with Crippen molar-refractivity contribution in [1.29, 1.82) is 0 Å². The molecule has 2 amide bonds. The molecule has 1 aliphatic carbocycles. The molecule has 0 heterocycles. The Kier molecular flexibility index (Phi) is 5.14. The molecule has 0 spiro atoms. The van der Waals surface area contributed by atoms with Crippen LogP contribution in [0, 0.1) is 5.92 Å². The lowest BCUT2D eigenvalue weighted by atomic mass is 9.72. The number of carbonyl (C=O) groups is 2. The molecule has 0 aliphatic heterocycles. The third kappa shape index (κ3) is 5.59. The SMILES string of the molecule is C=CC(=O)NCC1(F)CC(CNC(=O)OC(C)(C)C)C1. The van der Waals surface area contributed by atoms with E-state index in [4.69, 9.17) is 4.74 Å². The molecule has 1 rings (SSSR count). The minimum absolute atomic E-state index is 0.0131. The van der Waals surface area contributed by atoms with Crippen LogP contribution in [0.25, 0.3) is 0 Å². The maximum absolute atomic E-state index is 14.1. The standard InChI is InChI=1S/C14H23FN2O3/c1-5-11(18)17-9-14(15)6-10(7-14)8-16-12(19)20-13(2,3)4/h5,10H,1,6-9H2,2-4H3,(H,16,19)(H,17,18). The van der Waals surface area contributed by atoms with Gasteiger partial charge in [0.05, 0.1) is 6.54 Å². The Balaban J connectivity index is 2.20. The average Bonchev–Trinajstić information content (AvgIpc) is 2.28. The zero-order chi connectivity index (χ0) is 15.4. The average molecular weight is 286 g/mol. The quantitative estimate of drug-likeness (QED) is 0.759. The second-order valence-electron chi connectivity index (χ2n) is 6.23. The van der Waals surface area contributed by atoms with Crippen LogP contribution in [0.5, 0.6) is 0 Å². The summed E-state index contributed by atoms with van der Waals surface area (Å²) in [5.74, 6) is -0.300. The number of amides is 2. The second-order valence-corrected chi connectivity index (χ2v) is 6.23. The monoisotopic (exact) mass is 286 g/mol. The highest BCUT2D eigenvalue weighted by atomic mass is 19.1. The van der Waals surface area contributed by atoms with E-state index in [-0.39, 0.29) is 18.4 Å². The lowest BCUT2D eigenvalue weighted by molar-refractivity contribution is -0.118. The smallest absolute Gasteiger partial charge is 0.407 e. The maximum Gasteiger partial charge on any atom is 0.407 e. The van der Waals surface area contributed by atoms with E-state index in [1.54, 1.807) is 20.8 Å². The third-order valence-corrected chi connectivity index (χ3v) is 3.01. The first kappa shape index (κ1) is 16.5. The van der Waals surface area contributed by atoms with E-state index in [9.17, 15) is 14.0 Å². The van der Waals surface area contributed by atoms with E-state index < -0.39 is 17.4 Å². The Labute approximate surface area is 118 Å². The highest BCUT2D eigenvalue weighted by molar-refractivity contribution is 5.86. The van der Waals surface area contributed by atoms with Crippen molar-refractivity contribution >= 4 is 12.0 Å². The molecular formula is C14H23FN2O3. The van der Waals surface area contributed by atoms with Crippen molar-refractivity contribution in [3.05, 3.63) is 12.7 Å². The second kappa shape index (κ2) is 6.24. The molecule has 0 radical (unpaired) electrons. The summed E-state index contributed by atoms with van der Waals surface area (Å²) < 4.78 is 19.1. The number of alkyl halides is 1. The predicted molar refractivity (Wildman–Crippen MR) is 74.0 cm³/mol. The van der Waals surface area contributed by atoms with Gasteiger partial charge in [0.15, 0.2) is 0 Å². The van der Waals surface area contributed by atoms with Gasteiger partial charge in [-0.1, -0.05) is 6.58 Å². The molecule has 6 heteroatoms. The molecule has 20 heavy (non-hydrogen) atoms. The van der Waals surface area contributed by atoms with Gasteiger partial charge < -0.3 is 15.4 Å². The lowest BCUT2D eigenvalue weighted by Crippen LogP contribution is -2.51. The van der Waals surface area contributed by atoms with E-state index in [1.165, 1.54) is 0 Å². The van der Waals surface area contributed by atoms with E-state index in [1.807, 2.05) is 0 Å². The van der Waals surface area contributed by atoms with Crippen LogP contribution in [-0.4, -0.2) is 36.4 Å². The maximum atomic E-state index is 14.1. The number of ether oxygens (including phenoxy) is 1. The largest absolute Gasteiger partial charge is 0.444 e.